The van der Waals surface area contributed by atoms with Crippen molar-refractivity contribution in [1.82, 2.24) is 14.8 Å². The van der Waals surface area contributed by atoms with Crippen molar-refractivity contribution in [2.45, 2.75) is 13.0 Å². The van der Waals surface area contributed by atoms with Crippen LogP contribution in [0.2, 0.25) is 0 Å². The highest BCUT2D eigenvalue weighted by molar-refractivity contribution is 6.45. The summed E-state index contributed by atoms with van der Waals surface area (Å²) in [6, 6.07) is 14.0. The molecule has 2 aromatic carbocycles. The average Bonchev–Trinajstić information content (AvgIpc) is 3.27. The number of hydrogen-bond acceptors (Lipinski definition) is 4. The van der Waals surface area contributed by atoms with Crippen molar-refractivity contribution < 1.29 is 23.7 Å². The molecule has 188 valence electrons. The zero-order chi connectivity index (χ0) is 26.0. The second kappa shape index (κ2) is 9.94. The molecule has 2 heterocycles. The van der Waals surface area contributed by atoms with Crippen LogP contribution >= 0.6 is 0 Å². The molecule has 1 aliphatic rings. The summed E-state index contributed by atoms with van der Waals surface area (Å²) < 4.78 is 0.479. The van der Waals surface area contributed by atoms with E-state index in [1.54, 1.807) is 35.2 Å². The summed E-state index contributed by atoms with van der Waals surface area (Å²) in [5.74, 6) is -1.46. The number of aromatic amines is 1. The molecule has 0 radical (unpaired) electrons. The maximum atomic E-state index is 13.2. The molecule has 1 aromatic heterocycles. The molecule has 9 heteroatoms. The third-order valence-electron chi connectivity index (χ3n) is 6.24. The van der Waals surface area contributed by atoms with Gasteiger partial charge in [0.15, 0.2) is 6.54 Å². The quantitative estimate of drug-likeness (QED) is 0.315. The Hall–Kier alpha value is -3.98. The van der Waals surface area contributed by atoms with Crippen LogP contribution in [-0.2, 0) is 9.59 Å². The molecule has 3 aromatic rings. The van der Waals surface area contributed by atoms with E-state index in [1.807, 2.05) is 46.3 Å². The number of rotatable bonds is 6. The molecule has 1 atom stereocenters. The van der Waals surface area contributed by atoms with Gasteiger partial charge in [-0.3, -0.25) is 19.2 Å². The second-order valence-corrected chi connectivity index (χ2v) is 10.2. The van der Waals surface area contributed by atoms with E-state index in [-0.39, 0.29) is 36.5 Å². The average molecular weight is 491 g/mol. The molecule has 1 aliphatic heterocycles. The maximum absolute atomic E-state index is 13.2. The Kier molecular flexibility index (Phi) is 6.94. The molecular formula is C27H32N5O4+. The Bertz CT molecular complexity index is 1310. The van der Waals surface area contributed by atoms with Gasteiger partial charge in [0.1, 0.15) is 0 Å². The van der Waals surface area contributed by atoms with Crippen molar-refractivity contribution in [3.8, 4) is 0 Å². The standard InChI is InChI=1S/C27H31N5O4/c1-18-16-30(26(35)19-9-6-5-7-10-19)13-14-31(18)27(36)25(34)21-15-28-24-20(21)11-8-12-22(24)29-23(33)17-32(2,3)4/h5-12,15,18H,13-14,16-17H2,1-4H3,(H-,28,29,33,34,36)/p+1/t18-/m1/s1. The van der Waals surface area contributed by atoms with E-state index in [1.165, 1.54) is 11.1 Å². The summed E-state index contributed by atoms with van der Waals surface area (Å²) in [6.07, 6.45) is 1.51. The van der Waals surface area contributed by atoms with Gasteiger partial charge in [-0.05, 0) is 25.1 Å². The molecule has 3 amide bonds. The summed E-state index contributed by atoms with van der Waals surface area (Å²) in [7, 11) is 5.78. The first-order valence-corrected chi connectivity index (χ1v) is 11.9. The predicted molar refractivity (Wildman–Crippen MR) is 138 cm³/mol. The van der Waals surface area contributed by atoms with Crippen molar-refractivity contribution in [3.63, 3.8) is 0 Å². The van der Waals surface area contributed by atoms with Crippen LogP contribution in [0.3, 0.4) is 0 Å². The summed E-state index contributed by atoms with van der Waals surface area (Å²) in [6.45, 7) is 3.11. The maximum Gasteiger partial charge on any atom is 0.295 e. The second-order valence-electron chi connectivity index (χ2n) is 10.2. The molecule has 0 unspecified atom stereocenters. The van der Waals surface area contributed by atoms with Gasteiger partial charge in [0.05, 0.1) is 37.9 Å². The van der Waals surface area contributed by atoms with Crippen LogP contribution in [0, 0.1) is 0 Å². The van der Waals surface area contributed by atoms with Crippen molar-refractivity contribution in [2.24, 2.45) is 0 Å². The number of fused-ring (bicyclic) bond motifs is 1. The molecule has 0 saturated carbocycles. The first kappa shape index (κ1) is 25.1. The molecule has 4 rings (SSSR count). The summed E-state index contributed by atoms with van der Waals surface area (Å²) >= 11 is 0. The van der Waals surface area contributed by atoms with Crippen LogP contribution < -0.4 is 5.32 Å². The van der Waals surface area contributed by atoms with Crippen LogP contribution in [0.1, 0.15) is 27.6 Å². The van der Waals surface area contributed by atoms with E-state index in [0.29, 0.717) is 39.7 Å². The van der Waals surface area contributed by atoms with Gasteiger partial charge in [0.2, 0.25) is 0 Å². The van der Waals surface area contributed by atoms with Gasteiger partial charge >= 0.3 is 0 Å². The number of amides is 3. The third-order valence-corrected chi connectivity index (χ3v) is 6.24. The molecule has 0 aliphatic carbocycles. The lowest BCUT2D eigenvalue weighted by Crippen LogP contribution is -2.56. The van der Waals surface area contributed by atoms with E-state index in [9.17, 15) is 19.2 Å². The van der Waals surface area contributed by atoms with Gasteiger partial charge in [0.25, 0.3) is 23.5 Å². The normalized spacial score (nSPS) is 16.2. The summed E-state index contributed by atoms with van der Waals surface area (Å²) in [4.78, 5) is 58.0. The highest BCUT2D eigenvalue weighted by Crippen LogP contribution is 2.27. The molecule has 36 heavy (non-hydrogen) atoms. The van der Waals surface area contributed by atoms with Gasteiger partial charge in [0, 0.05) is 42.8 Å². The minimum Gasteiger partial charge on any atom is -0.359 e. The molecule has 0 bridgehead atoms. The SMILES string of the molecule is C[C@@H]1CN(C(=O)c2ccccc2)CCN1C(=O)C(=O)c1c[nH]c2c(NC(=O)C[N+](C)(C)C)cccc12. The molecule has 9 nitrogen and oxygen atoms in total. The Labute approximate surface area is 210 Å². The van der Waals surface area contributed by atoms with E-state index in [4.69, 9.17) is 0 Å². The topological polar surface area (TPSA) is 103 Å². The number of para-hydroxylation sites is 1. The largest absolute Gasteiger partial charge is 0.359 e. The fraction of sp³-hybridized carbons (Fsp3) is 0.333. The number of H-pyrrole nitrogens is 1. The number of quaternary nitrogens is 1. The van der Waals surface area contributed by atoms with Crippen LogP contribution in [0.15, 0.2) is 54.7 Å². The zero-order valence-corrected chi connectivity index (χ0v) is 21.1. The van der Waals surface area contributed by atoms with Crippen LogP contribution in [0.25, 0.3) is 10.9 Å². The van der Waals surface area contributed by atoms with Crippen molar-refractivity contribution in [3.05, 3.63) is 65.9 Å². The molecule has 2 N–H and O–H groups in total. The monoisotopic (exact) mass is 490 g/mol. The highest BCUT2D eigenvalue weighted by atomic mass is 16.2. The van der Waals surface area contributed by atoms with E-state index >= 15 is 0 Å². The van der Waals surface area contributed by atoms with Crippen molar-refractivity contribution in [1.29, 1.82) is 0 Å². The number of ketones is 1. The lowest BCUT2D eigenvalue weighted by Gasteiger charge is -2.39. The lowest BCUT2D eigenvalue weighted by atomic mass is 10.1. The van der Waals surface area contributed by atoms with Crippen LogP contribution in [-0.4, -0.2) is 96.1 Å². The van der Waals surface area contributed by atoms with Crippen LogP contribution in [0.4, 0.5) is 5.69 Å². The number of aromatic nitrogens is 1. The number of nitrogens with zero attached hydrogens (tertiary/aromatic N) is 3. The first-order chi connectivity index (χ1) is 17.0. The van der Waals surface area contributed by atoms with Gasteiger partial charge < -0.3 is 24.6 Å². The number of anilines is 1. The number of benzene rings is 2. The van der Waals surface area contributed by atoms with Gasteiger partial charge in [-0.15, -0.1) is 0 Å². The zero-order valence-electron chi connectivity index (χ0n) is 21.1. The number of carbonyl (C=O) groups excluding carboxylic acids is 4. The molecule has 0 spiro atoms. The predicted octanol–water partition coefficient (Wildman–Crippen LogP) is 2.37. The van der Waals surface area contributed by atoms with E-state index in [2.05, 4.69) is 10.3 Å². The molecule has 1 saturated heterocycles. The Balaban J connectivity index is 1.47. The molecular weight excluding hydrogens is 458 g/mol. The number of likely N-dealkylation sites (N-methyl/N-ethyl adjacent to an activating group) is 1. The fourth-order valence-corrected chi connectivity index (χ4v) is 4.52. The van der Waals surface area contributed by atoms with E-state index in [0.717, 1.165) is 0 Å². The Morgan fingerprint density at radius 2 is 1.72 bits per heavy atom. The number of Topliss-reactive ketones (excluding diaryl/α,β-unsaturated/α-hetero) is 1. The number of piperazine rings is 1. The van der Waals surface area contributed by atoms with Gasteiger partial charge in [-0.25, -0.2) is 0 Å². The van der Waals surface area contributed by atoms with Crippen LogP contribution in [0.5, 0.6) is 0 Å². The van der Waals surface area contributed by atoms with Gasteiger partial charge in [-0.2, -0.15) is 0 Å². The lowest BCUT2D eigenvalue weighted by molar-refractivity contribution is -0.861. The first-order valence-electron chi connectivity index (χ1n) is 11.9. The van der Waals surface area contributed by atoms with Gasteiger partial charge in [-0.1, -0.05) is 30.3 Å². The van der Waals surface area contributed by atoms with E-state index < -0.39 is 11.7 Å². The summed E-state index contributed by atoms with van der Waals surface area (Å²) in [5.41, 5.74) is 2.00. The number of hydrogen-bond donors (Lipinski definition) is 2. The highest BCUT2D eigenvalue weighted by Gasteiger charge is 2.34. The number of carbonyl (C=O) groups is 4. The number of nitrogens with one attached hydrogen (secondary N) is 2. The third kappa shape index (κ3) is 5.31. The van der Waals surface area contributed by atoms with Crippen molar-refractivity contribution in [2.75, 3.05) is 52.6 Å². The minimum absolute atomic E-state index is 0.0858. The fourth-order valence-electron chi connectivity index (χ4n) is 4.52. The Morgan fingerprint density at radius 3 is 2.39 bits per heavy atom. The molecule has 1 fully saturated rings. The Morgan fingerprint density at radius 1 is 1.00 bits per heavy atom. The minimum atomic E-state index is -0.620. The van der Waals surface area contributed by atoms with Crippen molar-refractivity contribution >= 4 is 40.1 Å². The summed E-state index contributed by atoms with van der Waals surface area (Å²) in [5, 5.41) is 3.46. The smallest absolute Gasteiger partial charge is 0.295 e.